The first-order chi connectivity index (χ1) is 17.3. The molecule has 1 amide bonds. The quantitative estimate of drug-likeness (QED) is 0.385. The number of aromatic nitrogens is 3. The first-order valence-electron chi connectivity index (χ1n) is 11.6. The van der Waals surface area contributed by atoms with E-state index in [9.17, 15) is 9.59 Å². The van der Waals surface area contributed by atoms with Crippen LogP contribution < -0.4 is 14.8 Å². The van der Waals surface area contributed by atoms with E-state index in [1.54, 1.807) is 29.1 Å². The van der Waals surface area contributed by atoms with Crippen LogP contribution in [0.25, 0.3) is 22.3 Å². The van der Waals surface area contributed by atoms with Crippen LogP contribution in [-0.2, 0) is 16.1 Å². The Morgan fingerprint density at radius 1 is 1.14 bits per heavy atom. The zero-order valence-corrected chi connectivity index (χ0v) is 20.5. The van der Waals surface area contributed by atoms with Gasteiger partial charge in [0.05, 0.1) is 22.8 Å². The molecule has 186 valence electrons. The van der Waals surface area contributed by atoms with Gasteiger partial charge in [0.2, 0.25) is 6.79 Å². The van der Waals surface area contributed by atoms with Gasteiger partial charge in [-0.05, 0) is 57.5 Å². The first kappa shape index (κ1) is 23.4. The number of aryl methyl sites for hydroxylation is 2. The van der Waals surface area contributed by atoms with Gasteiger partial charge in [-0.15, -0.1) is 0 Å². The number of ether oxygens (including phenoxy) is 3. The first-order valence-corrected chi connectivity index (χ1v) is 11.6. The number of amides is 1. The van der Waals surface area contributed by atoms with Crippen molar-refractivity contribution >= 4 is 22.9 Å². The Morgan fingerprint density at radius 3 is 2.69 bits per heavy atom. The lowest BCUT2D eigenvalue weighted by Crippen LogP contribution is -2.28. The summed E-state index contributed by atoms with van der Waals surface area (Å²) in [5, 5.41) is 7.71. The zero-order valence-electron chi connectivity index (χ0n) is 20.5. The number of carbonyl (C=O) groups excluding carboxylic acids is 2. The average Bonchev–Trinajstić information content (AvgIpc) is 3.57. The molecule has 10 nitrogen and oxygen atoms in total. The summed E-state index contributed by atoms with van der Waals surface area (Å²) in [7, 11) is 0. The van der Waals surface area contributed by atoms with Crippen LogP contribution in [0.3, 0.4) is 0 Å². The van der Waals surface area contributed by atoms with Gasteiger partial charge in [0.15, 0.2) is 23.8 Å². The number of hydrogen-bond donors (Lipinski definition) is 1. The van der Waals surface area contributed by atoms with Crippen LogP contribution in [0.1, 0.15) is 47.3 Å². The molecule has 0 atom stereocenters. The Morgan fingerprint density at radius 2 is 1.94 bits per heavy atom. The Balaban J connectivity index is 1.33. The van der Waals surface area contributed by atoms with E-state index in [0.29, 0.717) is 34.0 Å². The lowest BCUT2D eigenvalue weighted by molar-refractivity contribution is -0.124. The maximum atomic E-state index is 13.1. The van der Waals surface area contributed by atoms with E-state index < -0.39 is 18.5 Å². The van der Waals surface area contributed by atoms with Crippen molar-refractivity contribution in [1.29, 1.82) is 0 Å². The van der Waals surface area contributed by atoms with Gasteiger partial charge < -0.3 is 23.9 Å². The predicted molar refractivity (Wildman–Crippen MR) is 130 cm³/mol. The minimum Gasteiger partial charge on any atom is -0.466 e. The largest absolute Gasteiger partial charge is 0.466 e. The molecule has 1 aliphatic rings. The van der Waals surface area contributed by atoms with Crippen molar-refractivity contribution in [3.63, 3.8) is 0 Å². The van der Waals surface area contributed by atoms with Gasteiger partial charge in [-0.3, -0.25) is 4.79 Å². The molecule has 0 radical (unpaired) electrons. The lowest BCUT2D eigenvalue weighted by Gasteiger charge is -2.11. The highest BCUT2D eigenvalue weighted by atomic mass is 16.7. The smallest absolute Gasteiger partial charge is 0.339 e. The molecule has 1 aromatic carbocycles. The summed E-state index contributed by atoms with van der Waals surface area (Å²) in [6, 6.07) is 8.98. The molecule has 10 heteroatoms. The molecule has 0 spiro atoms. The molecular formula is C26H26N4O6. The number of hydrogen-bond acceptors (Lipinski definition) is 8. The summed E-state index contributed by atoms with van der Waals surface area (Å²) in [4.78, 5) is 30.3. The second-order valence-corrected chi connectivity index (χ2v) is 8.84. The summed E-state index contributed by atoms with van der Waals surface area (Å²) in [6.07, 6.45) is 1.59. The van der Waals surface area contributed by atoms with E-state index >= 15 is 0 Å². The van der Waals surface area contributed by atoms with E-state index in [1.807, 2.05) is 39.8 Å². The third kappa shape index (κ3) is 4.49. The van der Waals surface area contributed by atoms with E-state index in [-0.39, 0.29) is 24.9 Å². The standard InChI is InChI=1S/C26H26N4O6/c1-14(2)30-25-20(11-28-30)19(9-21(29-25)18-7-15(3)36-16(18)4)26(32)33-12-24(31)27-10-17-5-6-22-23(8-17)35-13-34-22/h5-9,11,14H,10,12-13H2,1-4H3,(H,27,31). The third-order valence-corrected chi connectivity index (χ3v) is 5.85. The number of nitrogens with one attached hydrogen (secondary N) is 1. The topological polar surface area (TPSA) is 118 Å². The zero-order chi connectivity index (χ0) is 25.4. The minimum atomic E-state index is -0.636. The monoisotopic (exact) mass is 490 g/mol. The molecule has 1 N–H and O–H groups in total. The number of esters is 1. The fourth-order valence-electron chi connectivity index (χ4n) is 4.10. The predicted octanol–water partition coefficient (Wildman–Crippen LogP) is 4.09. The van der Waals surface area contributed by atoms with Gasteiger partial charge in [0.25, 0.3) is 5.91 Å². The van der Waals surface area contributed by atoms with Crippen molar-refractivity contribution in [3.05, 3.63) is 59.2 Å². The van der Waals surface area contributed by atoms with E-state index in [4.69, 9.17) is 23.6 Å². The number of rotatable bonds is 7. The van der Waals surface area contributed by atoms with Crippen LogP contribution in [0.5, 0.6) is 11.5 Å². The van der Waals surface area contributed by atoms with Crippen LogP contribution in [0, 0.1) is 13.8 Å². The van der Waals surface area contributed by atoms with E-state index in [0.717, 1.165) is 16.9 Å². The van der Waals surface area contributed by atoms with Crippen molar-refractivity contribution in [3.8, 4) is 22.8 Å². The number of carbonyl (C=O) groups is 2. The fourth-order valence-corrected chi connectivity index (χ4v) is 4.10. The maximum Gasteiger partial charge on any atom is 0.339 e. The van der Waals surface area contributed by atoms with Crippen LogP contribution in [0.2, 0.25) is 0 Å². The van der Waals surface area contributed by atoms with Gasteiger partial charge in [0, 0.05) is 18.2 Å². The summed E-state index contributed by atoms with van der Waals surface area (Å²) < 4.78 is 23.4. The molecule has 0 fully saturated rings. The van der Waals surface area contributed by atoms with Crippen molar-refractivity contribution in [2.75, 3.05) is 13.4 Å². The van der Waals surface area contributed by atoms with Crippen LogP contribution in [0.4, 0.5) is 0 Å². The second kappa shape index (κ2) is 9.37. The Kier molecular flexibility index (Phi) is 6.09. The highest BCUT2D eigenvalue weighted by Crippen LogP contribution is 2.32. The van der Waals surface area contributed by atoms with Gasteiger partial charge in [-0.1, -0.05) is 6.07 Å². The number of fused-ring (bicyclic) bond motifs is 2. The SMILES string of the molecule is Cc1cc(-c2cc(C(=O)OCC(=O)NCc3ccc4c(c3)OCO4)c3cnn(C(C)C)c3n2)c(C)o1. The molecule has 0 saturated carbocycles. The number of nitrogens with zero attached hydrogens (tertiary/aromatic N) is 3. The molecule has 36 heavy (non-hydrogen) atoms. The van der Waals surface area contributed by atoms with Crippen molar-refractivity contribution in [2.24, 2.45) is 0 Å². The highest BCUT2D eigenvalue weighted by molar-refractivity contribution is 6.04. The number of furan rings is 1. The normalized spacial score (nSPS) is 12.4. The lowest BCUT2D eigenvalue weighted by atomic mass is 10.1. The number of benzene rings is 1. The van der Waals surface area contributed by atoms with Crippen LogP contribution in [-0.4, -0.2) is 40.0 Å². The molecule has 0 bridgehead atoms. The van der Waals surface area contributed by atoms with Gasteiger partial charge in [0.1, 0.15) is 11.5 Å². The average molecular weight is 491 g/mol. The number of pyridine rings is 1. The van der Waals surface area contributed by atoms with Gasteiger partial charge in [-0.25, -0.2) is 14.5 Å². The summed E-state index contributed by atoms with van der Waals surface area (Å²) in [5.41, 5.74) is 3.02. The molecule has 5 rings (SSSR count). The molecular weight excluding hydrogens is 464 g/mol. The van der Waals surface area contributed by atoms with E-state index in [2.05, 4.69) is 10.4 Å². The molecule has 4 aromatic rings. The Labute approximate surface area is 207 Å². The summed E-state index contributed by atoms with van der Waals surface area (Å²) in [5.74, 6) is 1.68. The third-order valence-electron chi connectivity index (χ3n) is 5.85. The van der Waals surface area contributed by atoms with Crippen molar-refractivity contribution in [2.45, 2.75) is 40.3 Å². The molecule has 4 heterocycles. The van der Waals surface area contributed by atoms with Crippen molar-refractivity contribution < 1.29 is 28.2 Å². The van der Waals surface area contributed by atoms with E-state index in [1.165, 1.54) is 0 Å². The fraction of sp³-hybridized carbons (Fsp3) is 0.308. The Hall–Kier alpha value is -4.34. The minimum absolute atomic E-state index is 0.0308. The van der Waals surface area contributed by atoms with Crippen molar-refractivity contribution in [1.82, 2.24) is 20.1 Å². The highest BCUT2D eigenvalue weighted by Gasteiger charge is 2.22. The van der Waals surface area contributed by atoms with Crippen LogP contribution >= 0.6 is 0 Å². The molecule has 0 saturated heterocycles. The molecule has 0 aliphatic carbocycles. The second-order valence-electron chi connectivity index (χ2n) is 8.84. The van der Waals surface area contributed by atoms with Gasteiger partial charge in [-0.2, -0.15) is 5.10 Å². The van der Waals surface area contributed by atoms with Gasteiger partial charge >= 0.3 is 5.97 Å². The molecule has 1 aliphatic heterocycles. The summed E-state index contributed by atoms with van der Waals surface area (Å²) in [6.45, 7) is 7.68. The molecule has 0 unspecified atom stereocenters. The summed E-state index contributed by atoms with van der Waals surface area (Å²) >= 11 is 0. The maximum absolute atomic E-state index is 13.1. The van der Waals surface area contributed by atoms with Crippen LogP contribution in [0.15, 0.2) is 40.9 Å². The Bertz CT molecular complexity index is 1470. The molecule has 3 aromatic heterocycles.